The summed E-state index contributed by atoms with van der Waals surface area (Å²) in [5.74, 6) is 1.92. The Balaban J connectivity index is 1.55. The van der Waals surface area contributed by atoms with E-state index in [-0.39, 0.29) is 17.9 Å². The second-order valence-electron chi connectivity index (χ2n) is 7.91. The van der Waals surface area contributed by atoms with Crippen molar-refractivity contribution in [2.75, 3.05) is 26.7 Å². The highest BCUT2D eigenvalue weighted by atomic mass is 32.1. The van der Waals surface area contributed by atoms with Crippen LogP contribution in [-0.2, 0) is 0 Å². The first kappa shape index (κ1) is 17.2. The number of amides is 1. The van der Waals surface area contributed by atoms with Gasteiger partial charge in [0.05, 0.1) is 18.2 Å². The fourth-order valence-corrected chi connectivity index (χ4v) is 6.10. The summed E-state index contributed by atoms with van der Waals surface area (Å²) in [6.45, 7) is 5.00. The van der Waals surface area contributed by atoms with E-state index in [1.807, 2.05) is 24.4 Å². The summed E-state index contributed by atoms with van der Waals surface area (Å²) in [6, 6.07) is 8.98. The van der Waals surface area contributed by atoms with E-state index in [9.17, 15) is 4.79 Å². The number of hydrogen-bond acceptors (Lipinski definition) is 5. The van der Waals surface area contributed by atoms with E-state index in [1.54, 1.807) is 18.4 Å². The number of piperidine rings is 3. The molecule has 1 amide bonds. The molecule has 27 heavy (non-hydrogen) atoms. The summed E-state index contributed by atoms with van der Waals surface area (Å²) in [5, 5.41) is 2.86. The smallest absolute Gasteiger partial charge is 0.273 e. The molecule has 4 fully saturated rings. The zero-order chi connectivity index (χ0) is 18.5. The molecule has 0 aliphatic carbocycles. The summed E-state index contributed by atoms with van der Waals surface area (Å²) in [6.07, 6.45) is 2.39. The van der Waals surface area contributed by atoms with E-state index in [0.717, 1.165) is 30.4 Å². The first-order valence-electron chi connectivity index (χ1n) is 9.77. The third kappa shape index (κ3) is 2.69. The normalized spacial score (nSPS) is 31.8. The Labute approximate surface area is 164 Å². The molecule has 0 N–H and O–H groups in total. The fourth-order valence-electron chi connectivity index (χ4n) is 5.51. The molecule has 5 nitrogen and oxygen atoms in total. The van der Waals surface area contributed by atoms with Crippen molar-refractivity contribution in [1.82, 2.24) is 14.8 Å². The summed E-state index contributed by atoms with van der Waals surface area (Å²) < 4.78 is 5.67. The molecule has 142 valence electrons. The van der Waals surface area contributed by atoms with Crippen molar-refractivity contribution in [2.24, 2.45) is 5.92 Å². The van der Waals surface area contributed by atoms with Gasteiger partial charge in [0.25, 0.3) is 5.91 Å². The predicted octanol–water partition coefficient (Wildman–Crippen LogP) is 3.16. The lowest BCUT2D eigenvalue weighted by molar-refractivity contribution is -0.00365. The number of methoxy groups -OCH3 is 1. The van der Waals surface area contributed by atoms with Crippen molar-refractivity contribution >= 4 is 17.2 Å². The van der Waals surface area contributed by atoms with Crippen LogP contribution in [-0.4, -0.2) is 59.5 Å². The first-order chi connectivity index (χ1) is 13.2. The van der Waals surface area contributed by atoms with Crippen LogP contribution in [0.3, 0.4) is 0 Å². The van der Waals surface area contributed by atoms with Gasteiger partial charge in [0.1, 0.15) is 11.4 Å². The molecule has 5 heterocycles. The molecular weight excluding hydrogens is 358 g/mol. The molecule has 1 aromatic heterocycles. The molecule has 2 bridgehead atoms. The Bertz CT molecular complexity index is 859. The highest BCUT2D eigenvalue weighted by Gasteiger charge is 2.55. The third-order valence-corrected chi connectivity index (χ3v) is 7.41. The SMILES string of the molecule is COc1ccccc1[C@H]1CN(C(=O)c2csc(C)n2)[C@H]2C3CCN(CC3)[C@@H]12. The molecule has 6 heteroatoms. The standard InChI is InChI=1S/C21H25N3O2S/c1-13-22-17(12-27-13)21(25)24-11-16(15-5-3-4-6-18(15)26-2)20-19(24)14-7-9-23(20)10-8-14/h3-6,12,14,16,19-20H,7-11H2,1-2H3/t16-,19+,20+/m1/s1. The maximum atomic E-state index is 13.3. The number of carbonyl (C=O) groups is 1. The Morgan fingerprint density at radius 2 is 2.00 bits per heavy atom. The number of aromatic nitrogens is 1. The molecule has 4 aliphatic rings. The van der Waals surface area contributed by atoms with Crippen LogP contribution in [0, 0.1) is 12.8 Å². The molecule has 4 saturated heterocycles. The number of thiazole rings is 1. The van der Waals surface area contributed by atoms with Gasteiger partial charge in [0, 0.05) is 29.4 Å². The number of aryl methyl sites for hydroxylation is 1. The summed E-state index contributed by atoms with van der Waals surface area (Å²) >= 11 is 1.55. The Hall–Kier alpha value is -1.92. The lowest BCUT2D eigenvalue weighted by Crippen LogP contribution is -2.60. The molecule has 0 saturated carbocycles. The number of likely N-dealkylation sites (tertiary alicyclic amines) is 1. The van der Waals surface area contributed by atoms with Gasteiger partial charge in [-0.25, -0.2) is 4.98 Å². The minimum atomic E-state index is 0.0977. The lowest BCUT2D eigenvalue weighted by atomic mass is 9.75. The second kappa shape index (κ2) is 6.60. The largest absolute Gasteiger partial charge is 0.496 e. The number of carbonyl (C=O) groups excluding carboxylic acids is 1. The van der Waals surface area contributed by atoms with E-state index in [1.165, 1.54) is 18.4 Å². The van der Waals surface area contributed by atoms with Crippen LogP contribution in [0.25, 0.3) is 0 Å². The van der Waals surface area contributed by atoms with Crippen LogP contribution in [0.2, 0.25) is 0 Å². The van der Waals surface area contributed by atoms with Crippen molar-refractivity contribution in [3.05, 3.63) is 45.9 Å². The molecule has 4 aliphatic heterocycles. The predicted molar refractivity (Wildman–Crippen MR) is 105 cm³/mol. The second-order valence-corrected chi connectivity index (χ2v) is 8.97. The van der Waals surface area contributed by atoms with Crippen molar-refractivity contribution in [3.63, 3.8) is 0 Å². The number of rotatable bonds is 3. The number of benzene rings is 1. The number of ether oxygens (including phenoxy) is 1. The van der Waals surface area contributed by atoms with Crippen molar-refractivity contribution in [3.8, 4) is 5.75 Å². The fraction of sp³-hybridized carbons (Fsp3) is 0.524. The number of para-hydroxylation sites is 1. The van der Waals surface area contributed by atoms with Crippen molar-refractivity contribution in [1.29, 1.82) is 0 Å². The molecule has 0 spiro atoms. The van der Waals surface area contributed by atoms with Crippen LogP contribution >= 0.6 is 11.3 Å². The molecule has 6 rings (SSSR count). The van der Waals surface area contributed by atoms with Crippen LogP contribution in [0.1, 0.15) is 39.8 Å². The Morgan fingerprint density at radius 3 is 2.70 bits per heavy atom. The van der Waals surface area contributed by atoms with Crippen LogP contribution in [0.15, 0.2) is 29.6 Å². The summed E-state index contributed by atoms with van der Waals surface area (Å²) in [4.78, 5) is 22.6. The zero-order valence-electron chi connectivity index (χ0n) is 15.8. The Morgan fingerprint density at radius 1 is 1.22 bits per heavy atom. The highest BCUT2D eigenvalue weighted by molar-refractivity contribution is 7.09. The van der Waals surface area contributed by atoms with E-state index in [4.69, 9.17) is 4.74 Å². The lowest BCUT2D eigenvalue weighted by Gasteiger charge is -2.51. The number of hydrogen-bond donors (Lipinski definition) is 0. The first-order valence-corrected chi connectivity index (χ1v) is 10.7. The van der Waals surface area contributed by atoms with Gasteiger partial charge in [-0.15, -0.1) is 11.3 Å². The van der Waals surface area contributed by atoms with Gasteiger partial charge in [-0.3, -0.25) is 9.69 Å². The molecule has 3 atom stereocenters. The molecule has 2 aromatic rings. The molecule has 1 aromatic carbocycles. The van der Waals surface area contributed by atoms with Gasteiger partial charge < -0.3 is 9.64 Å². The summed E-state index contributed by atoms with van der Waals surface area (Å²) in [5.41, 5.74) is 1.83. The third-order valence-electron chi connectivity index (χ3n) is 6.63. The minimum absolute atomic E-state index is 0.0977. The topological polar surface area (TPSA) is 45.7 Å². The number of nitrogens with zero attached hydrogens (tertiary/aromatic N) is 3. The Kier molecular flexibility index (Phi) is 4.20. The zero-order valence-corrected chi connectivity index (χ0v) is 16.6. The average Bonchev–Trinajstić information content (AvgIpc) is 3.33. The van der Waals surface area contributed by atoms with Gasteiger partial charge in [-0.2, -0.15) is 0 Å². The molecule has 0 radical (unpaired) electrons. The minimum Gasteiger partial charge on any atom is -0.496 e. The quantitative estimate of drug-likeness (QED) is 0.817. The highest BCUT2D eigenvalue weighted by Crippen LogP contribution is 2.48. The average molecular weight is 384 g/mol. The number of fused-ring (bicyclic) bond motifs is 2. The van der Waals surface area contributed by atoms with Gasteiger partial charge in [-0.1, -0.05) is 18.2 Å². The summed E-state index contributed by atoms with van der Waals surface area (Å²) in [7, 11) is 1.74. The van der Waals surface area contributed by atoms with Gasteiger partial charge in [0.2, 0.25) is 0 Å². The van der Waals surface area contributed by atoms with Gasteiger partial charge in [0.15, 0.2) is 0 Å². The van der Waals surface area contributed by atoms with Crippen molar-refractivity contribution in [2.45, 2.75) is 37.8 Å². The maximum absolute atomic E-state index is 13.3. The van der Waals surface area contributed by atoms with Crippen LogP contribution in [0.4, 0.5) is 0 Å². The van der Waals surface area contributed by atoms with E-state index in [0.29, 0.717) is 17.7 Å². The van der Waals surface area contributed by atoms with E-state index >= 15 is 0 Å². The van der Waals surface area contributed by atoms with Crippen LogP contribution < -0.4 is 4.74 Å². The van der Waals surface area contributed by atoms with Gasteiger partial charge >= 0.3 is 0 Å². The monoisotopic (exact) mass is 383 g/mol. The maximum Gasteiger partial charge on any atom is 0.273 e. The van der Waals surface area contributed by atoms with Crippen molar-refractivity contribution < 1.29 is 9.53 Å². The molecular formula is C21H25N3O2S. The van der Waals surface area contributed by atoms with Gasteiger partial charge in [-0.05, 0) is 44.8 Å². The van der Waals surface area contributed by atoms with E-state index in [2.05, 4.69) is 26.9 Å². The van der Waals surface area contributed by atoms with E-state index < -0.39 is 0 Å². The van der Waals surface area contributed by atoms with Crippen LogP contribution in [0.5, 0.6) is 5.75 Å². The molecule has 0 unspecified atom stereocenters.